The Bertz CT molecular complexity index is 462. The van der Waals surface area contributed by atoms with E-state index in [-0.39, 0.29) is 6.42 Å². The zero-order valence-corrected chi connectivity index (χ0v) is 7.53. The van der Waals surface area contributed by atoms with Gasteiger partial charge in [-0.15, -0.1) is 0 Å². The third kappa shape index (κ3) is 1.74. The van der Waals surface area contributed by atoms with Crippen molar-refractivity contribution in [3.05, 3.63) is 30.1 Å². The van der Waals surface area contributed by atoms with Crippen molar-refractivity contribution in [2.24, 2.45) is 0 Å². The summed E-state index contributed by atoms with van der Waals surface area (Å²) < 4.78 is 0. The SMILES string of the molecule is O=C(O)CCc1cnc2[nH]ccc2c1. The van der Waals surface area contributed by atoms with Crippen LogP contribution in [0.5, 0.6) is 0 Å². The predicted molar refractivity (Wildman–Crippen MR) is 52.1 cm³/mol. The highest BCUT2D eigenvalue weighted by atomic mass is 16.4. The number of carboxylic acid groups (broad SMARTS) is 1. The topological polar surface area (TPSA) is 66.0 Å². The van der Waals surface area contributed by atoms with Crippen LogP contribution in [-0.2, 0) is 11.2 Å². The smallest absolute Gasteiger partial charge is 0.303 e. The molecule has 0 fully saturated rings. The maximum atomic E-state index is 10.4. The molecule has 2 aromatic rings. The van der Waals surface area contributed by atoms with Crippen LogP contribution in [0, 0.1) is 0 Å². The number of hydrogen-bond acceptors (Lipinski definition) is 2. The third-order valence-electron chi connectivity index (χ3n) is 2.08. The quantitative estimate of drug-likeness (QED) is 0.772. The normalized spacial score (nSPS) is 10.6. The minimum atomic E-state index is -0.779. The molecule has 0 bridgehead atoms. The number of fused-ring (bicyclic) bond motifs is 1. The predicted octanol–water partition coefficient (Wildman–Crippen LogP) is 1.58. The summed E-state index contributed by atoms with van der Waals surface area (Å²) in [5.41, 5.74) is 1.79. The van der Waals surface area contributed by atoms with E-state index >= 15 is 0 Å². The number of aryl methyl sites for hydroxylation is 1. The van der Waals surface area contributed by atoms with E-state index in [0.29, 0.717) is 6.42 Å². The molecular weight excluding hydrogens is 180 g/mol. The lowest BCUT2D eigenvalue weighted by Gasteiger charge is -1.97. The van der Waals surface area contributed by atoms with Crippen LogP contribution in [0.2, 0.25) is 0 Å². The van der Waals surface area contributed by atoms with Crippen LogP contribution in [0.25, 0.3) is 11.0 Å². The van der Waals surface area contributed by atoms with E-state index in [1.807, 2.05) is 18.3 Å². The van der Waals surface area contributed by atoms with E-state index in [1.54, 1.807) is 6.20 Å². The van der Waals surface area contributed by atoms with Gasteiger partial charge < -0.3 is 10.1 Å². The lowest BCUT2D eigenvalue weighted by molar-refractivity contribution is -0.136. The Kier molecular flexibility index (Phi) is 2.18. The lowest BCUT2D eigenvalue weighted by atomic mass is 10.1. The molecular formula is C10H10N2O2. The number of carbonyl (C=O) groups is 1. The molecule has 14 heavy (non-hydrogen) atoms. The van der Waals surface area contributed by atoms with E-state index in [9.17, 15) is 4.79 Å². The van der Waals surface area contributed by atoms with E-state index in [4.69, 9.17) is 5.11 Å². The molecule has 0 aliphatic rings. The van der Waals surface area contributed by atoms with Crippen LogP contribution < -0.4 is 0 Å². The summed E-state index contributed by atoms with van der Waals surface area (Å²) in [5, 5.41) is 9.54. The molecule has 4 heteroatoms. The van der Waals surface area contributed by atoms with Crippen LogP contribution in [-0.4, -0.2) is 21.0 Å². The Morgan fingerprint density at radius 1 is 1.57 bits per heavy atom. The molecule has 0 aromatic carbocycles. The maximum Gasteiger partial charge on any atom is 0.303 e. The van der Waals surface area contributed by atoms with Gasteiger partial charge in [-0.2, -0.15) is 0 Å². The highest BCUT2D eigenvalue weighted by Crippen LogP contribution is 2.12. The second kappa shape index (κ2) is 3.49. The van der Waals surface area contributed by atoms with Crippen LogP contribution in [0.15, 0.2) is 24.5 Å². The molecule has 0 aliphatic heterocycles. The van der Waals surface area contributed by atoms with Gasteiger partial charge in [0.1, 0.15) is 5.65 Å². The Balaban J connectivity index is 2.21. The summed E-state index contributed by atoms with van der Waals surface area (Å²) in [4.78, 5) is 17.5. The molecule has 0 aliphatic carbocycles. The largest absolute Gasteiger partial charge is 0.481 e. The fourth-order valence-electron chi connectivity index (χ4n) is 1.37. The molecule has 4 nitrogen and oxygen atoms in total. The zero-order valence-electron chi connectivity index (χ0n) is 7.53. The summed E-state index contributed by atoms with van der Waals surface area (Å²) in [5.74, 6) is -0.779. The molecule has 0 spiro atoms. The van der Waals surface area contributed by atoms with Crippen molar-refractivity contribution in [2.75, 3.05) is 0 Å². The number of nitrogens with zero attached hydrogens (tertiary/aromatic N) is 1. The number of pyridine rings is 1. The molecule has 2 aromatic heterocycles. The molecule has 0 radical (unpaired) electrons. The molecule has 0 amide bonds. The summed E-state index contributed by atoms with van der Waals surface area (Å²) >= 11 is 0. The minimum absolute atomic E-state index is 0.150. The number of rotatable bonds is 3. The Morgan fingerprint density at radius 3 is 3.21 bits per heavy atom. The van der Waals surface area contributed by atoms with E-state index in [2.05, 4.69) is 9.97 Å². The Labute approximate surface area is 80.6 Å². The summed E-state index contributed by atoms with van der Waals surface area (Å²) in [6.07, 6.45) is 4.21. The number of aromatic nitrogens is 2. The first-order chi connectivity index (χ1) is 6.75. The van der Waals surface area contributed by atoms with Crippen molar-refractivity contribution >= 4 is 17.0 Å². The van der Waals surface area contributed by atoms with E-state index in [1.165, 1.54) is 0 Å². The molecule has 0 atom stereocenters. The van der Waals surface area contributed by atoms with Crippen molar-refractivity contribution in [3.8, 4) is 0 Å². The van der Waals surface area contributed by atoms with Gasteiger partial charge in [0.15, 0.2) is 0 Å². The average molecular weight is 190 g/mol. The molecule has 2 rings (SSSR count). The number of aliphatic carboxylic acids is 1. The van der Waals surface area contributed by atoms with Gasteiger partial charge in [0, 0.05) is 24.2 Å². The Hall–Kier alpha value is -1.84. The number of hydrogen-bond donors (Lipinski definition) is 2. The summed E-state index contributed by atoms with van der Waals surface area (Å²) in [7, 11) is 0. The van der Waals surface area contributed by atoms with Crippen LogP contribution in [0.4, 0.5) is 0 Å². The molecule has 2 heterocycles. The molecule has 0 unspecified atom stereocenters. The van der Waals surface area contributed by atoms with Gasteiger partial charge in [-0.05, 0) is 24.1 Å². The fraction of sp³-hybridized carbons (Fsp3) is 0.200. The highest BCUT2D eigenvalue weighted by molar-refractivity contribution is 5.76. The van der Waals surface area contributed by atoms with Gasteiger partial charge in [-0.1, -0.05) is 0 Å². The lowest BCUT2D eigenvalue weighted by Crippen LogP contribution is -1.97. The van der Waals surface area contributed by atoms with Gasteiger partial charge >= 0.3 is 5.97 Å². The summed E-state index contributed by atoms with van der Waals surface area (Å²) in [6, 6.07) is 3.88. The first-order valence-corrected chi connectivity index (χ1v) is 4.39. The molecule has 0 saturated carbocycles. The van der Waals surface area contributed by atoms with E-state index in [0.717, 1.165) is 16.6 Å². The van der Waals surface area contributed by atoms with Crippen molar-refractivity contribution in [3.63, 3.8) is 0 Å². The van der Waals surface area contributed by atoms with Gasteiger partial charge in [0.25, 0.3) is 0 Å². The van der Waals surface area contributed by atoms with Crippen molar-refractivity contribution in [2.45, 2.75) is 12.8 Å². The number of nitrogens with one attached hydrogen (secondary N) is 1. The number of aromatic amines is 1. The highest BCUT2D eigenvalue weighted by Gasteiger charge is 2.01. The van der Waals surface area contributed by atoms with E-state index < -0.39 is 5.97 Å². The second-order valence-electron chi connectivity index (χ2n) is 3.15. The van der Waals surface area contributed by atoms with Gasteiger partial charge in [-0.3, -0.25) is 4.79 Å². The van der Waals surface area contributed by atoms with Crippen LogP contribution in [0.1, 0.15) is 12.0 Å². The maximum absolute atomic E-state index is 10.4. The van der Waals surface area contributed by atoms with Crippen LogP contribution in [0.3, 0.4) is 0 Å². The Morgan fingerprint density at radius 2 is 2.43 bits per heavy atom. The van der Waals surface area contributed by atoms with Gasteiger partial charge in [0.05, 0.1) is 0 Å². The van der Waals surface area contributed by atoms with Crippen LogP contribution >= 0.6 is 0 Å². The monoisotopic (exact) mass is 190 g/mol. The zero-order chi connectivity index (χ0) is 9.97. The minimum Gasteiger partial charge on any atom is -0.481 e. The fourth-order valence-corrected chi connectivity index (χ4v) is 1.37. The first kappa shape index (κ1) is 8.74. The molecule has 72 valence electrons. The standard InChI is InChI=1S/C10H10N2O2/c13-9(14)2-1-7-5-8-3-4-11-10(8)12-6-7/h3-6H,1-2H2,(H,11,12)(H,13,14). The average Bonchev–Trinajstić information content (AvgIpc) is 2.61. The molecule has 2 N–H and O–H groups in total. The molecule has 0 saturated heterocycles. The first-order valence-electron chi connectivity index (χ1n) is 4.39. The van der Waals surface area contributed by atoms with Crippen molar-refractivity contribution < 1.29 is 9.90 Å². The number of carboxylic acids is 1. The summed E-state index contributed by atoms with van der Waals surface area (Å²) in [6.45, 7) is 0. The third-order valence-corrected chi connectivity index (χ3v) is 2.08. The second-order valence-corrected chi connectivity index (χ2v) is 3.15. The number of H-pyrrole nitrogens is 1. The van der Waals surface area contributed by atoms with Gasteiger partial charge in [-0.25, -0.2) is 4.98 Å². The van der Waals surface area contributed by atoms with Crippen molar-refractivity contribution in [1.82, 2.24) is 9.97 Å². The van der Waals surface area contributed by atoms with Gasteiger partial charge in [0.2, 0.25) is 0 Å². The van der Waals surface area contributed by atoms with Crippen molar-refractivity contribution in [1.29, 1.82) is 0 Å².